The van der Waals surface area contributed by atoms with Gasteiger partial charge in [0.2, 0.25) is 11.9 Å². The van der Waals surface area contributed by atoms with Gasteiger partial charge in [-0.25, -0.2) is 4.98 Å². The van der Waals surface area contributed by atoms with Crippen molar-refractivity contribution in [3.8, 4) is 0 Å². The fourth-order valence-electron chi connectivity index (χ4n) is 2.50. The van der Waals surface area contributed by atoms with E-state index in [9.17, 15) is 0 Å². The number of aromatic nitrogens is 4. The summed E-state index contributed by atoms with van der Waals surface area (Å²) in [4.78, 5) is 23.6. The van der Waals surface area contributed by atoms with Crippen molar-refractivity contribution in [3.63, 3.8) is 0 Å². The predicted octanol–water partition coefficient (Wildman–Crippen LogP) is 3.94. The highest BCUT2D eigenvalue weighted by Gasteiger charge is 2.11. The maximum absolute atomic E-state index is 4.64. The van der Waals surface area contributed by atoms with E-state index >= 15 is 0 Å². The van der Waals surface area contributed by atoms with Crippen molar-refractivity contribution in [2.75, 3.05) is 43.9 Å². The number of anilines is 3. The van der Waals surface area contributed by atoms with Crippen LogP contribution in [0.5, 0.6) is 0 Å². The first-order chi connectivity index (χ1) is 14.0. The van der Waals surface area contributed by atoms with Gasteiger partial charge in [0.1, 0.15) is 0 Å². The van der Waals surface area contributed by atoms with Gasteiger partial charge in [-0.2, -0.15) is 15.0 Å². The summed E-state index contributed by atoms with van der Waals surface area (Å²) in [5.74, 6) is 1.73. The summed E-state index contributed by atoms with van der Waals surface area (Å²) in [6.07, 6.45) is 5.74. The predicted molar refractivity (Wildman–Crippen MR) is 122 cm³/mol. The Kier molecular flexibility index (Phi) is 7.26. The molecule has 29 heavy (non-hydrogen) atoms. The molecule has 152 valence electrons. The van der Waals surface area contributed by atoms with Crippen molar-refractivity contribution < 1.29 is 0 Å². The standard InChI is InChI=1S/C21H27N7S/c1-5-27(3)13-14-28(4)20-24-18(12-11-17-9-7-6-8-10-17)23-19(25-20)26-21-22-15-16(2)29-21/h6-12,15H,5,13-14H2,1-4H3,(H,22,23,24,25,26)/b12-11+. The van der Waals surface area contributed by atoms with Crippen LogP contribution >= 0.6 is 11.3 Å². The van der Waals surface area contributed by atoms with Crippen LogP contribution in [0, 0.1) is 6.92 Å². The van der Waals surface area contributed by atoms with Crippen molar-refractivity contribution in [2.45, 2.75) is 13.8 Å². The van der Waals surface area contributed by atoms with E-state index in [1.165, 1.54) is 0 Å². The van der Waals surface area contributed by atoms with E-state index in [1.807, 2.05) is 67.6 Å². The molecule has 7 nitrogen and oxygen atoms in total. The van der Waals surface area contributed by atoms with Gasteiger partial charge in [0.25, 0.3) is 0 Å². The lowest BCUT2D eigenvalue weighted by Crippen LogP contribution is -2.31. The molecule has 0 radical (unpaired) electrons. The van der Waals surface area contributed by atoms with Crippen LogP contribution in [0.15, 0.2) is 36.5 Å². The molecule has 0 amide bonds. The van der Waals surface area contributed by atoms with Gasteiger partial charge in [-0.3, -0.25) is 5.32 Å². The normalized spacial score (nSPS) is 11.3. The van der Waals surface area contributed by atoms with E-state index in [0.717, 1.165) is 35.2 Å². The zero-order valence-corrected chi connectivity index (χ0v) is 18.1. The molecular formula is C21H27N7S. The molecular weight excluding hydrogens is 382 g/mol. The van der Waals surface area contributed by atoms with Gasteiger partial charge in [-0.1, -0.05) is 43.3 Å². The summed E-state index contributed by atoms with van der Waals surface area (Å²) in [5.41, 5.74) is 1.09. The molecule has 0 spiro atoms. The molecule has 0 aliphatic carbocycles. The zero-order chi connectivity index (χ0) is 20.6. The topological polar surface area (TPSA) is 70.1 Å². The molecule has 0 fully saturated rings. The third-order valence-electron chi connectivity index (χ3n) is 4.40. The average Bonchev–Trinajstić information content (AvgIpc) is 3.15. The largest absolute Gasteiger partial charge is 0.342 e. The number of hydrogen-bond donors (Lipinski definition) is 1. The van der Waals surface area contributed by atoms with Crippen LogP contribution in [-0.4, -0.2) is 58.6 Å². The van der Waals surface area contributed by atoms with Crippen LogP contribution < -0.4 is 10.2 Å². The van der Waals surface area contributed by atoms with Crippen LogP contribution in [0.2, 0.25) is 0 Å². The second-order valence-electron chi connectivity index (χ2n) is 6.78. The second kappa shape index (κ2) is 10.1. The van der Waals surface area contributed by atoms with Crippen LogP contribution in [0.4, 0.5) is 17.0 Å². The van der Waals surface area contributed by atoms with E-state index in [-0.39, 0.29) is 0 Å². The highest BCUT2D eigenvalue weighted by atomic mass is 32.1. The summed E-state index contributed by atoms with van der Waals surface area (Å²) >= 11 is 1.57. The van der Waals surface area contributed by atoms with Crippen LogP contribution in [-0.2, 0) is 0 Å². The molecule has 2 aromatic heterocycles. The van der Waals surface area contributed by atoms with Gasteiger partial charge in [0, 0.05) is 31.2 Å². The van der Waals surface area contributed by atoms with Gasteiger partial charge in [0.15, 0.2) is 11.0 Å². The number of hydrogen-bond acceptors (Lipinski definition) is 8. The Labute approximate surface area is 176 Å². The van der Waals surface area contributed by atoms with E-state index in [0.29, 0.717) is 17.7 Å². The minimum Gasteiger partial charge on any atom is -0.342 e. The smallest absolute Gasteiger partial charge is 0.234 e. The molecule has 0 aliphatic heterocycles. The van der Waals surface area contributed by atoms with E-state index in [4.69, 9.17) is 0 Å². The number of likely N-dealkylation sites (N-methyl/N-ethyl adjacent to an activating group) is 2. The Hall–Kier alpha value is -2.84. The molecule has 0 atom stereocenters. The summed E-state index contributed by atoms with van der Waals surface area (Å²) in [6.45, 7) is 6.93. The molecule has 0 saturated heterocycles. The molecule has 0 bridgehead atoms. The number of aryl methyl sites for hydroxylation is 1. The minimum absolute atomic E-state index is 0.493. The number of benzene rings is 1. The fourth-order valence-corrected chi connectivity index (χ4v) is 3.16. The number of nitrogens with one attached hydrogen (secondary N) is 1. The number of nitrogens with zero attached hydrogens (tertiary/aromatic N) is 6. The molecule has 3 rings (SSSR count). The van der Waals surface area contributed by atoms with Crippen molar-refractivity contribution in [1.29, 1.82) is 0 Å². The zero-order valence-electron chi connectivity index (χ0n) is 17.3. The molecule has 3 aromatic rings. The fraction of sp³-hybridized carbons (Fsp3) is 0.333. The highest BCUT2D eigenvalue weighted by molar-refractivity contribution is 7.15. The highest BCUT2D eigenvalue weighted by Crippen LogP contribution is 2.21. The Morgan fingerprint density at radius 1 is 1.03 bits per heavy atom. The molecule has 2 heterocycles. The molecule has 0 unspecified atom stereocenters. The average molecular weight is 410 g/mol. The van der Waals surface area contributed by atoms with Gasteiger partial charge < -0.3 is 9.80 Å². The van der Waals surface area contributed by atoms with Crippen molar-refractivity contribution in [2.24, 2.45) is 0 Å². The van der Waals surface area contributed by atoms with Gasteiger partial charge >= 0.3 is 0 Å². The van der Waals surface area contributed by atoms with Crippen molar-refractivity contribution in [3.05, 3.63) is 52.8 Å². The summed E-state index contributed by atoms with van der Waals surface area (Å²) in [5, 5.41) is 3.98. The Bertz CT molecular complexity index is 939. The van der Waals surface area contributed by atoms with Gasteiger partial charge in [-0.15, -0.1) is 11.3 Å². The summed E-state index contributed by atoms with van der Waals surface area (Å²) in [6, 6.07) is 10.1. The Balaban J connectivity index is 1.85. The van der Waals surface area contributed by atoms with E-state index < -0.39 is 0 Å². The lowest BCUT2D eigenvalue weighted by molar-refractivity contribution is 0.360. The van der Waals surface area contributed by atoms with Crippen molar-refractivity contribution >= 4 is 40.5 Å². The maximum atomic E-state index is 4.64. The van der Waals surface area contributed by atoms with Crippen LogP contribution in [0.3, 0.4) is 0 Å². The summed E-state index contributed by atoms with van der Waals surface area (Å²) < 4.78 is 0. The lowest BCUT2D eigenvalue weighted by Gasteiger charge is -2.21. The maximum Gasteiger partial charge on any atom is 0.234 e. The minimum atomic E-state index is 0.493. The van der Waals surface area contributed by atoms with Crippen molar-refractivity contribution in [1.82, 2.24) is 24.8 Å². The first-order valence-corrected chi connectivity index (χ1v) is 10.4. The van der Waals surface area contributed by atoms with Crippen LogP contribution in [0.25, 0.3) is 12.2 Å². The Morgan fingerprint density at radius 2 is 1.83 bits per heavy atom. The summed E-state index contributed by atoms with van der Waals surface area (Å²) in [7, 11) is 4.11. The monoisotopic (exact) mass is 409 g/mol. The molecule has 0 aliphatic rings. The second-order valence-corrected chi connectivity index (χ2v) is 8.01. The first kappa shape index (κ1) is 20.9. The third kappa shape index (κ3) is 6.33. The molecule has 8 heteroatoms. The third-order valence-corrected chi connectivity index (χ3v) is 5.23. The van der Waals surface area contributed by atoms with Crippen LogP contribution in [0.1, 0.15) is 23.2 Å². The Morgan fingerprint density at radius 3 is 2.52 bits per heavy atom. The van der Waals surface area contributed by atoms with Gasteiger partial charge in [0.05, 0.1) is 0 Å². The molecule has 0 saturated carbocycles. The number of rotatable bonds is 9. The van der Waals surface area contributed by atoms with Gasteiger partial charge in [-0.05, 0) is 32.2 Å². The molecule has 1 N–H and O–H groups in total. The quantitative estimate of drug-likeness (QED) is 0.574. The number of thiazole rings is 1. The van der Waals surface area contributed by atoms with E-state index in [2.05, 4.69) is 44.1 Å². The first-order valence-electron chi connectivity index (χ1n) is 9.62. The van der Waals surface area contributed by atoms with E-state index in [1.54, 1.807) is 11.3 Å². The molecule has 1 aromatic carbocycles. The lowest BCUT2D eigenvalue weighted by atomic mass is 10.2. The SMILES string of the molecule is CCN(C)CCN(C)c1nc(/C=C/c2ccccc2)nc(Nc2ncc(C)s2)n1.